The molecule has 1 aromatic heterocycles. The molecule has 4 rings (SSSR count). The van der Waals surface area contributed by atoms with Crippen LogP contribution in [-0.4, -0.2) is 40.4 Å². The lowest BCUT2D eigenvalue weighted by atomic mass is 9.96. The van der Waals surface area contributed by atoms with Gasteiger partial charge in [-0.2, -0.15) is 0 Å². The SMILES string of the molecule is Cc1ccc(C)c(NC(=O)CN2CCC(c3nc4ccc(Cl)cc4[nH]3)CC2)c1. The number of hydrogen-bond donors (Lipinski definition) is 2. The quantitative estimate of drug-likeness (QED) is 0.674. The first-order valence-corrected chi connectivity index (χ1v) is 10.1. The van der Waals surface area contributed by atoms with Crippen molar-refractivity contribution in [3.05, 3.63) is 58.4 Å². The number of hydrogen-bond acceptors (Lipinski definition) is 3. The van der Waals surface area contributed by atoms with Gasteiger partial charge in [-0.1, -0.05) is 23.7 Å². The fourth-order valence-corrected chi connectivity index (χ4v) is 3.99. The summed E-state index contributed by atoms with van der Waals surface area (Å²) in [6.45, 7) is 6.26. The van der Waals surface area contributed by atoms with Gasteiger partial charge in [-0.3, -0.25) is 9.69 Å². The van der Waals surface area contributed by atoms with Crippen molar-refractivity contribution in [2.75, 3.05) is 25.0 Å². The number of amides is 1. The van der Waals surface area contributed by atoms with Crippen LogP contribution in [0.3, 0.4) is 0 Å². The predicted molar refractivity (Wildman–Crippen MR) is 114 cm³/mol. The van der Waals surface area contributed by atoms with Crippen molar-refractivity contribution in [3.63, 3.8) is 0 Å². The summed E-state index contributed by atoms with van der Waals surface area (Å²) < 4.78 is 0. The summed E-state index contributed by atoms with van der Waals surface area (Å²) in [5, 5.41) is 3.77. The van der Waals surface area contributed by atoms with Crippen LogP contribution in [0.15, 0.2) is 36.4 Å². The molecule has 5 nitrogen and oxygen atoms in total. The highest BCUT2D eigenvalue weighted by Crippen LogP contribution is 2.28. The average molecular weight is 397 g/mol. The first kappa shape index (κ1) is 19.0. The molecule has 0 bridgehead atoms. The number of halogens is 1. The number of aryl methyl sites for hydroxylation is 2. The molecule has 0 radical (unpaired) electrons. The molecule has 0 saturated carbocycles. The highest BCUT2D eigenvalue weighted by atomic mass is 35.5. The van der Waals surface area contributed by atoms with Gasteiger partial charge in [0.05, 0.1) is 17.6 Å². The lowest BCUT2D eigenvalue weighted by molar-refractivity contribution is -0.117. The zero-order valence-corrected chi connectivity index (χ0v) is 17.0. The summed E-state index contributed by atoms with van der Waals surface area (Å²) in [4.78, 5) is 22.8. The Bertz CT molecular complexity index is 1000. The Balaban J connectivity index is 1.33. The third-order valence-electron chi connectivity index (χ3n) is 5.47. The molecule has 0 unspecified atom stereocenters. The van der Waals surface area contributed by atoms with Crippen LogP contribution in [0.4, 0.5) is 5.69 Å². The zero-order chi connectivity index (χ0) is 19.7. The van der Waals surface area contributed by atoms with E-state index in [0.29, 0.717) is 17.5 Å². The fourth-order valence-electron chi connectivity index (χ4n) is 3.82. The van der Waals surface area contributed by atoms with Crippen molar-refractivity contribution in [2.45, 2.75) is 32.6 Å². The van der Waals surface area contributed by atoms with Gasteiger partial charge < -0.3 is 10.3 Å². The van der Waals surface area contributed by atoms with Gasteiger partial charge in [-0.05, 0) is 75.2 Å². The maximum atomic E-state index is 12.5. The van der Waals surface area contributed by atoms with Gasteiger partial charge in [0.15, 0.2) is 0 Å². The van der Waals surface area contributed by atoms with Crippen LogP contribution in [0.5, 0.6) is 0 Å². The van der Waals surface area contributed by atoms with Gasteiger partial charge in [-0.15, -0.1) is 0 Å². The number of imidazole rings is 1. The number of piperidine rings is 1. The van der Waals surface area contributed by atoms with E-state index in [-0.39, 0.29) is 5.91 Å². The van der Waals surface area contributed by atoms with Gasteiger partial charge in [0.25, 0.3) is 0 Å². The Morgan fingerprint density at radius 3 is 2.79 bits per heavy atom. The number of anilines is 1. The van der Waals surface area contributed by atoms with Crippen molar-refractivity contribution < 1.29 is 4.79 Å². The second-order valence-corrected chi connectivity index (χ2v) is 8.14. The smallest absolute Gasteiger partial charge is 0.238 e. The van der Waals surface area contributed by atoms with Crippen LogP contribution in [0, 0.1) is 13.8 Å². The van der Waals surface area contributed by atoms with Crippen LogP contribution < -0.4 is 5.32 Å². The topological polar surface area (TPSA) is 61.0 Å². The van der Waals surface area contributed by atoms with Crippen molar-refractivity contribution in [1.82, 2.24) is 14.9 Å². The molecule has 2 N–H and O–H groups in total. The first-order chi connectivity index (χ1) is 13.5. The minimum absolute atomic E-state index is 0.0468. The average Bonchev–Trinajstić information content (AvgIpc) is 3.08. The van der Waals surface area contributed by atoms with Gasteiger partial charge in [-0.25, -0.2) is 4.98 Å². The maximum absolute atomic E-state index is 12.5. The Hall–Kier alpha value is -2.37. The highest BCUT2D eigenvalue weighted by molar-refractivity contribution is 6.31. The van der Waals surface area contributed by atoms with Gasteiger partial charge in [0.2, 0.25) is 5.91 Å². The number of benzene rings is 2. The van der Waals surface area contributed by atoms with Gasteiger partial charge in [0, 0.05) is 16.6 Å². The number of rotatable bonds is 4. The normalized spacial score (nSPS) is 15.8. The molecule has 0 atom stereocenters. The van der Waals surface area contributed by atoms with E-state index in [1.54, 1.807) is 0 Å². The molecular formula is C22H25ClN4O. The van der Waals surface area contributed by atoms with Gasteiger partial charge >= 0.3 is 0 Å². The minimum atomic E-state index is 0.0468. The van der Waals surface area contributed by atoms with E-state index in [1.165, 1.54) is 0 Å². The molecule has 1 aliphatic rings. The molecule has 2 heterocycles. The Kier molecular flexibility index (Phi) is 5.38. The third kappa shape index (κ3) is 4.21. The number of nitrogens with zero attached hydrogens (tertiary/aromatic N) is 2. The molecule has 1 amide bonds. The second kappa shape index (κ2) is 7.94. The van der Waals surface area contributed by atoms with Crippen LogP contribution in [0.2, 0.25) is 5.02 Å². The van der Waals surface area contributed by atoms with E-state index in [4.69, 9.17) is 16.6 Å². The summed E-state index contributed by atoms with van der Waals surface area (Å²) in [6.07, 6.45) is 1.98. The lowest BCUT2D eigenvalue weighted by Gasteiger charge is -2.30. The number of fused-ring (bicyclic) bond motifs is 1. The molecular weight excluding hydrogens is 372 g/mol. The minimum Gasteiger partial charge on any atom is -0.342 e. The molecule has 1 aliphatic heterocycles. The summed E-state index contributed by atoms with van der Waals surface area (Å²) in [5.41, 5.74) is 5.07. The van der Waals surface area contributed by atoms with Crippen molar-refractivity contribution >= 4 is 34.2 Å². The zero-order valence-electron chi connectivity index (χ0n) is 16.3. The Morgan fingerprint density at radius 2 is 2.00 bits per heavy atom. The monoisotopic (exact) mass is 396 g/mol. The van der Waals surface area contributed by atoms with E-state index >= 15 is 0 Å². The van der Waals surface area contributed by atoms with E-state index in [1.807, 2.05) is 44.2 Å². The fraction of sp³-hybridized carbons (Fsp3) is 0.364. The molecule has 0 spiro atoms. The number of H-pyrrole nitrogens is 1. The lowest BCUT2D eigenvalue weighted by Crippen LogP contribution is -2.39. The molecule has 146 valence electrons. The largest absolute Gasteiger partial charge is 0.342 e. The molecule has 3 aromatic rings. The number of likely N-dealkylation sites (tertiary alicyclic amines) is 1. The van der Waals surface area contributed by atoms with Crippen LogP contribution in [-0.2, 0) is 4.79 Å². The Labute approximate surface area is 170 Å². The molecule has 0 aliphatic carbocycles. The van der Waals surface area contributed by atoms with E-state index < -0.39 is 0 Å². The van der Waals surface area contributed by atoms with Crippen molar-refractivity contribution in [2.24, 2.45) is 0 Å². The summed E-state index contributed by atoms with van der Waals surface area (Å²) in [6, 6.07) is 11.8. The highest BCUT2D eigenvalue weighted by Gasteiger charge is 2.24. The van der Waals surface area contributed by atoms with Crippen LogP contribution in [0.1, 0.15) is 35.7 Å². The molecule has 6 heteroatoms. The number of nitrogens with one attached hydrogen (secondary N) is 2. The van der Waals surface area contributed by atoms with E-state index in [0.717, 1.165) is 59.6 Å². The first-order valence-electron chi connectivity index (χ1n) is 9.72. The Morgan fingerprint density at radius 1 is 1.21 bits per heavy atom. The van der Waals surface area contributed by atoms with Crippen molar-refractivity contribution in [3.8, 4) is 0 Å². The second-order valence-electron chi connectivity index (χ2n) is 7.70. The molecule has 28 heavy (non-hydrogen) atoms. The summed E-state index contributed by atoms with van der Waals surface area (Å²) in [5.74, 6) is 1.46. The van der Waals surface area contributed by atoms with E-state index in [9.17, 15) is 4.79 Å². The molecule has 2 aromatic carbocycles. The van der Waals surface area contributed by atoms with E-state index in [2.05, 4.69) is 21.3 Å². The third-order valence-corrected chi connectivity index (χ3v) is 5.71. The van der Waals surface area contributed by atoms with Crippen LogP contribution in [0.25, 0.3) is 11.0 Å². The van der Waals surface area contributed by atoms with Crippen molar-refractivity contribution in [1.29, 1.82) is 0 Å². The number of aromatic amines is 1. The predicted octanol–water partition coefficient (Wildman–Crippen LogP) is 4.65. The van der Waals surface area contributed by atoms with Gasteiger partial charge in [0.1, 0.15) is 5.82 Å². The number of carbonyl (C=O) groups excluding carboxylic acids is 1. The molecule has 1 fully saturated rings. The summed E-state index contributed by atoms with van der Waals surface area (Å²) >= 11 is 6.07. The standard InChI is InChI=1S/C22H25ClN4O/c1-14-3-4-15(2)19(11-14)24-21(28)13-27-9-7-16(8-10-27)22-25-18-6-5-17(23)12-20(18)26-22/h3-6,11-12,16H,7-10,13H2,1-2H3,(H,24,28)(H,25,26). The number of aromatic nitrogens is 2. The van der Waals surface area contributed by atoms with Crippen LogP contribution >= 0.6 is 11.6 Å². The summed E-state index contributed by atoms with van der Waals surface area (Å²) in [7, 11) is 0. The molecule has 1 saturated heterocycles. The maximum Gasteiger partial charge on any atom is 0.238 e. The number of carbonyl (C=O) groups is 1.